The second kappa shape index (κ2) is 5.36. The maximum Gasteiger partial charge on any atom is 0.0957 e. The summed E-state index contributed by atoms with van der Waals surface area (Å²) in [6, 6.07) is 8.59. The van der Waals surface area contributed by atoms with Crippen molar-refractivity contribution < 1.29 is 0 Å². The lowest BCUT2D eigenvalue weighted by Gasteiger charge is -2.11. The number of aryl methyl sites for hydroxylation is 1. The molecule has 2 heterocycles. The van der Waals surface area contributed by atoms with Crippen molar-refractivity contribution in [1.82, 2.24) is 15.3 Å². The Balaban J connectivity index is 1.86. The van der Waals surface area contributed by atoms with Crippen molar-refractivity contribution >= 4 is 32.9 Å². The number of benzene rings is 1. The number of hydrogen-bond donors (Lipinski definition) is 1. The highest BCUT2D eigenvalue weighted by Gasteiger charge is 2.15. The fourth-order valence-corrected chi connectivity index (χ4v) is 3.97. The first kappa shape index (κ1) is 12.7. The maximum atomic E-state index is 4.70. The number of hydrogen-bond acceptors (Lipinski definition) is 5. The van der Waals surface area contributed by atoms with Crippen molar-refractivity contribution in [2.75, 3.05) is 7.05 Å². The van der Waals surface area contributed by atoms with Gasteiger partial charge in [0.05, 0.1) is 20.2 Å². The van der Waals surface area contributed by atoms with Gasteiger partial charge >= 0.3 is 0 Å². The Morgan fingerprint density at radius 1 is 1.26 bits per heavy atom. The number of nitrogens with one attached hydrogen (secondary N) is 1. The predicted octanol–water partition coefficient (Wildman–Crippen LogP) is 3.56. The van der Waals surface area contributed by atoms with Crippen LogP contribution in [0.5, 0.6) is 0 Å². The zero-order valence-corrected chi connectivity index (χ0v) is 12.5. The van der Waals surface area contributed by atoms with Gasteiger partial charge in [0.2, 0.25) is 0 Å². The highest BCUT2D eigenvalue weighted by Crippen LogP contribution is 2.28. The van der Waals surface area contributed by atoms with Crippen LogP contribution in [0.1, 0.15) is 20.9 Å². The van der Waals surface area contributed by atoms with Crippen LogP contribution in [0.2, 0.25) is 0 Å². The van der Waals surface area contributed by atoms with Crippen molar-refractivity contribution in [3.8, 4) is 0 Å². The Kier molecular flexibility index (Phi) is 3.59. The van der Waals surface area contributed by atoms with E-state index in [0.717, 1.165) is 16.9 Å². The summed E-state index contributed by atoms with van der Waals surface area (Å²) in [6.07, 6.45) is 2.88. The average molecular weight is 289 g/mol. The molecular formula is C14H15N3S2. The molecular weight excluding hydrogens is 274 g/mol. The van der Waals surface area contributed by atoms with Gasteiger partial charge in [-0.05, 0) is 26.1 Å². The summed E-state index contributed by atoms with van der Waals surface area (Å²) in [6.45, 7) is 2.04. The summed E-state index contributed by atoms with van der Waals surface area (Å²) < 4.78 is 1.26. The second-order valence-corrected chi connectivity index (χ2v) is 6.78. The molecule has 98 valence electrons. The molecule has 1 unspecified atom stereocenters. The average Bonchev–Trinajstić information content (AvgIpc) is 3.01. The van der Waals surface area contributed by atoms with Crippen LogP contribution in [-0.4, -0.2) is 17.0 Å². The normalized spacial score (nSPS) is 12.9. The molecule has 0 spiro atoms. The molecule has 0 aliphatic heterocycles. The first-order chi connectivity index (χ1) is 9.26. The van der Waals surface area contributed by atoms with Crippen LogP contribution in [0.3, 0.4) is 0 Å². The molecule has 0 fully saturated rings. The summed E-state index contributed by atoms with van der Waals surface area (Å²) in [7, 11) is 1.99. The molecule has 5 heteroatoms. The number of likely N-dealkylation sites (N-methyl/N-ethyl adjacent to an activating group) is 1. The minimum atomic E-state index is 0.298. The molecule has 0 aliphatic carbocycles. The van der Waals surface area contributed by atoms with E-state index in [9.17, 15) is 0 Å². The fourth-order valence-electron chi connectivity index (χ4n) is 2.07. The van der Waals surface area contributed by atoms with Gasteiger partial charge in [0.25, 0.3) is 0 Å². The van der Waals surface area contributed by atoms with E-state index in [1.54, 1.807) is 22.7 Å². The summed E-state index contributed by atoms with van der Waals surface area (Å²) in [5, 5.41) is 5.65. The molecule has 0 saturated carbocycles. The molecule has 0 radical (unpaired) electrons. The molecule has 0 bridgehead atoms. The standard InChI is InChI=1S/C14H15N3S2/c1-9-16-8-13(18-9)11(15-2)7-14-17-10-5-3-4-6-12(10)19-14/h3-6,8,11,15H,7H2,1-2H3. The van der Waals surface area contributed by atoms with Gasteiger partial charge in [-0.3, -0.25) is 0 Å². The van der Waals surface area contributed by atoms with Gasteiger partial charge in [0.1, 0.15) is 0 Å². The first-order valence-corrected chi connectivity index (χ1v) is 7.83. The van der Waals surface area contributed by atoms with E-state index < -0.39 is 0 Å². The number of fused-ring (bicyclic) bond motifs is 1. The predicted molar refractivity (Wildman–Crippen MR) is 82.0 cm³/mol. The Morgan fingerprint density at radius 2 is 2.11 bits per heavy atom. The molecule has 3 aromatic rings. The SMILES string of the molecule is CNC(Cc1nc2ccccc2s1)c1cnc(C)s1. The lowest BCUT2D eigenvalue weighted by atomic mass is 10.2. The number of rotatable bonds is 4. The summed E-state index contributed by atoms with van der Waals surface area (Å²) in [5.74, 6) is 0. The van der Waals surface area contributed by atoms with E-state index in [4.69, 9.17) is 4.98 Å². The van der Waals surface area contributed by atoms with Crippen LogP contribution >= 0.6 is 22.7 Å². The van der Waals surface area contributed by atoms with Crippen molar-refractivity contribution in [3.05, 3.63) is 45.4 Å². The number of thiazole rings is 2. The summed E-state index contributed by atoms with van der Waals surface area (Å²) in [5.41, 5.74) is 1.10. The zero-order chi connectivity index (χ0) is 13.2. The third kappa shape index (κ3) is 2.68. The van der Waals surface area contributed by atoms with Crippen molar-refractivity contribution in [2.45, 2.75) is 19.4 Å². The fraction of sp³-hybridized carbons (Fsp3) is 0.286. The maximum absolute atomic E-state index is 4.70. The molecule has 3 rings (SSSR count). The third-order valence-corrected chi connectivity index (χ3v) is 5.13. The van der Waals surface area contributed by atoms with E-state index in [0.29, 0.717) is 6.04 Å². The largest absolute Gasteiger partial charge is 0.312 e. The molecule has 1 aromatic carbocycles. The molecule has 19 heavy (non-hydrogen) atoms. The molecule has 2 aromatic heterocycles. The second-order valence-electron chi connectivity index (χ2n) is 4.40. The van der Waals surface area contributed by atoms with E-state index >= 15 is 0 Å². The molecule has 0 aliphatic rings. The van der Waals surface area contributed by atoms with E-state index in [-0.39, 0.29) is 0 Å². The minimum absolute atomic E-state index is 0.298. The molecule has 0 saturated heterocycles. The molecule has 3 nitrogen and oxygen atoms in total. The molecule has 1 atom stereocenters. The highest BCUT2D eigenvalue weighted by molar-refractivity contribution is 7.18. The Morgan fingerprint density at radius 3 is 2.79 bits per heavy atom. The summed E-state index contributed by atoms with van der Waals surface area (Å²) in [4.78, 5) is 10.3. The smallest absolute Gasteiger partial charge is 0.0957 e. The number of para-hydroxylation sites is 1. The quantitative estimate of drug-likeness (QED) is 0.798. The Labute approximate surface area is 120 Å². The summed E-state index contributed by atoms with van der Waals surface area (Å²) >= 11 is 3.53. The highest BCUT2D eigenvalue weighted by atomic mass is 32.1. The van der Waals surface area contributed by atoms with Gasteiger partial charge in [0, 0.05) is 23.5 Å². The van der Waals surface area contributed by atoms with Crippen LogP contribution in [0, 0.1) is 6.92 Å². The van der Waals surface area contributed by atoms with E-state index in [2.05, 4.69) is 28.5 Å². The minimum Gasteiger partial charge on any atom is -0.312 e. The van der Waals surface area contributed by atoms with Crippen molar-refractivity contribution in [3.63, 3.8) is 0 Å². The zero-order valence-electron chi connectivity index (χ0n) is 10.9. The monoisotopic (exact) mass is 289 g/mol. The van der Waals surface area contributed by atoms with Crippen LogP contribution in [-0.2, 0) is 6.42 Å². The lowest BCUT2D eigenvalue weighted by molar-refractivity contribution is 0.600. The van der Waals surface area contributed by atoms with Gasteiger partial charge in [-0.1, -0.05) is 12.1 Å². The van der Waals surface area contributed by atoms with Gasteiger partial charge in [-0.25, -0.2) is 9.97 Å². The van der Waals surface area contributed by atoms with Crippen molar-refractivity contribution in [2.24, 2.45) is 0 Å². The van der Waals surface area contributed by atoms with Crippen LogP contribution in [0.4, 0.5) is 0 Å². The number of nitrogens with zero attached hydrogens (tertiary/aromatic N) is 2. The lowest BCUT2D eigenvalue weighted by Crippen LogP contribution is -2.17. The van der Waals surface area contributed by atoms with Crippen LogP contribution in [0.25, 0.3) is 10.2 Å². The topological polar surface area (TPSA) is 37.8 Å². The van der Waals surface area contributed by atoms with E-state index in [1.807, 2.05) is 26.2 Å². The van der Waals surface area contributed by atoms with Crippen molar-refractivity contribution in [1.29, 1.82) is 0 Å². The number of aromatic nitrogens is 2. The first-order valence-electron chi connectivity index (χ1n) is 6.20. The van der Waals surface area contributed by atoms with Gasteiger partial charge in [-0.2, -0.15) is 0 Å². The van der Waals surface area contributed by atoms with Gasteiger partial charge < -0.3 is 5.32 Å². The van der Waals surface area contributed by atoms with Crippen LogP contribution in [0.15, 0.2) is 30.5 Å². The molecule has 1 N–H and O–H groups in total. The Hall–Kier alpha value is -1.30. The third-order valence-electron chi connectivity index (χ3n) is 3.05. The van der Waals surface area contributed by atoms with Gasteiger partial charge in [-0.15, -0.1) is 22.7 Å². The van der Waals surface area contributed by atoms with E-state index in [1.165, 1.54) is 14.6 Å². The molecule has 0 amide bonds. The Bertz CT molecular complexity index is 654. The van der Waals surface area contributed by atoms with Crippen LogP contribution < -0.4 is 5.32 Å². The van der Waals surface area contributed by atoms with Gasteiger partial charge in [0.15, 0.2) is 0 Å².